The molecule has 0 amide bonds. The summed E-state index contributed by atoms with van der Waals surface area (Å²) in [6.07, 6.45) is 2.58. The molecule has 0 aliphatic rings. The van der Waals surface area contributed by atoms with Crippen molar-refractivity contribution in [3.05, 3.63) is 81.6 Å². The average molecular weight is 433 g/mol. The molecule has 0 spiro atoms. The Hall–Kier alpha value is -3.24. The molecule has 2 heterocycles. The van der Waals surface area contributed by atoms with Crippen molar-refractivity contribution in [1.29, 1.82) is 0 Å². The molecule has 2 aromatic heterocycles. The molecule has 0 unspecified atom stereocenters. The van der Waals surface area contributed by atoms with Crippen molar-refractivity contribution < 1.29 is 13.9 Å². The lowest BCUT2D eigenvalue weighted by Gasteiger charge is -2.34. The van der Waals surface area contributed by atoms with Crippen LogP contribution in [-0.2, 0) is 12.1 Å². The second-order valence-corrected chi connectivity index (χ2v) is 7.25. The highest BCUT2D eigenvalue weighted by atomic mass is 35.5. The van der Waals surface area contributed by atoms with Gasteiger partial charge in [0.2, 0.25) is 0 Å². The van der Waals surface area contributed by atoms with Gasteiger partial charge in [0.05, 0.1) is 18.0 Å². The first kappa shape index (κ1) is 20.0. The number of fused-ring (bicyclic) bond motifs is 1. The fourth-order valence-corrected chi connectivity index (χ4v) is 3.50. The van der Waals surface area contributed by atoms with Crippen LogP contribution in [0.15, 0.2) is 53.8 Å². The molecule has 2 atom stereocenters. The molecule has 0 saturated heterocycles. The molecule has 4 aromatic rings. The number of hydrogen-bond donors (Lipinski definition) is 1. The van der Waals surface area contributed by atoms with E-state index in [9.17, 15) is 18.7 Å². The third kappa shape index (κ3) is 3.44. The van der Waals surface area contributed by atoms with E-state index in [0.29, 0.717) is 11.1 Å². The summed E-state index contributed by atoms with van der Waals surface area (Å²) in [5.41, 5.74) is -2.53. The number of hydrogen-bond acceptors (Lipinski definition) is 6. The van der Waals surface area contributed by atoms with Gasteiger partial charge in [-0.1, -0.05) is 22.9 Å². The maximum Gasteiger partial charge on any atom is 0.277 e. The van der Waals surface area contributed by atoms with Crippen molar-refractivity contribution in [3.8, 4) is 0 Å². The Bertz CT molecular complexity index is 1280. The molecule has 0 aliphatic carbocycles. The molecule has 1 N–H and O–H groups in total. The third-order valence-electron chi connectivity index (χ3n) is 4.97. The van der Waals surface area contributed by atoms with Crippen LogP contribution in [0.2, 0.25) is 5.02 Å². The van der Waals surface area contributed by atoms with Crippen molar-refractivity contribution in [1.82, 2.24) is 29.8 Å². The largest absolute Gasteiger partial charge is 0.381 e. The Morgan fingerprint density at radius 1 is 1.23 bits per heavy atom. The Kier molecular flexibility index (Phi) is 5.04. The summed E-state index contributed by atoms with van der Waals surface area (Å²) in [6.45, 7) is 1.21. The summed E-state index contributed by atoms with van der Waals surface area (Å²) in [5, 5.41) is 24.0. The predicted molar refractivity (Wildman–Crippen MR) is 104 cm³/mol. The van der Waals surface area contributed by atoms with Crippen LogP contribution in [-0.4, -0.2) is 34.9 Å². The fourth-order valence-electron chi connectivity index (χ4n) is 3.33. The summed E-state index contributed by atoms with van der Waals surface area (Å²) in [5.74, 6) is -1.77. The zero-order valence-corrected chi connectivity index (χ0v) is 16.3. The summed E-state index contributed by atoms with van der Waals surface area (Å²) >= 11 is 5.93. The topological polar surface area (TPSA) is 98.7 Å². The van der Waals surface area contributed by atoms with Crippen LogP contribution in [0, 0.1) is 11.6 Å². The van der Waals surface area contributed by atoms with Crippen molar-refractivity contribution in [2.24, 2.45) is 0 Å². The van der Waals surface area contributed by atoms with E-state index in [2.05, 4.69) is 20.4 Å². The molecule has 0 bridgehead atoms. The van der Waals surface area contributed by atoms with E-state index in [1.807, 2.05) is 0 Å². The van der Waals surface area contributed by atoms with Crippen LogP contribution in [0.25, 0.3) is 10.9 Å². The summed E-state index contributed by atoms with van der Waals surface area (Å²) in [4.78, 5) is 16.8. The Balaban J connectivity index is 1.88. The van der Waals surface area contributed by atoms with E-state index < -0.39 is 28.8 Å². The maximum atomic E-state index is 14.7. The minimum atomic E-state index is -2.04. The second kappa shape index (κ2) is 7.54. The van der Waals surface area contributed by atoms with E-state index in [0.717, 1.165) is 16.8 Å². The number of aromatic nitrogens is 6. The fraction of sp³-hybridized carbons (Fsp3) is 0.211. The van der Waals surface area contributed by atoms with Crippen molar-refractivity contribution >= 4 is 22.5 Å². The van der Waals surface area contributed by atoms with E-state index >= 15 is 0 Å². The van der Waals surface area contributed by atoms with E-state index in [-0.39, 0.29) is 23.0 Å². The Morgan fingerprint density at radius 3 is 2.73 bits per heavy atom. The van der Waals surface area contributed by atoms with Gasteiger partial charge in [0.15, 0.2) is 0 Å². The molecule has 2 aromatic carbocycles. The van der Waals surface area contributed by atoms with Gasteiger partial charge in [-0.15, -0.1) is 5.10 Å². The van der Waals surface area contributed by atoms with Gasteiger partial charge in [0, 0.05) is 16.7 Å². The first-order chi connectivity index (χ1) is 14.3. The number of rotatable bonds is 5. The van der Waals surface area contributed by atoms with Crippen LogP contribution >= 0.6 is 11.6 Å². The molecule has 0 aliphatic heterocycles. The molecular formula is C19H15ClF2N6O2. The van der Waals surface area contributed by atoms with E-state index in [1.54, 1.807) is 0 Å². The van der Waals surface area contributed by atoms with E-state index in [1.165, 1.54) is 42.5 Å². The van der Waals surface area contributed by atoms with Crippen LogP contribution < -0.4 is 5.56 Å². The van der Waals surface area contributed by atoms with Gasteiger partial charge in [0.25, 0.3) is 5.56 Å². The summed E-state index contributed by atoms with van der Waals surface area (Å²) in [7, 11) is 0. The minimum Gasteiger partial charge on any atom is -0.381 e. The lowest BCUT2D eigenvalue weighted by molar-refractivity contribution is -0.0390. The predicted octanol–water partition coefficient (Wildman–Crippen LogP) is 2.46. The number of nitrogens with zero attached hydrogens (tertiary/aromatic N) is 6. The average Bonchev–Trinajstić information content (AvgIpc) is 3.20. The monoisotopic (exact) mass is 432 g/mol. The van der Waals surface area contributed by atoms with Crippen molar-refractivity contribution in [2.45, 2.75) is 25.1 Å². The van der Waals surface area contributed by atoms with Crippen LogP contribution in [0.4, 0.5) is 8.78 Å². The first-order valence-electron chi connectivity index (χ1n) is 8.84. The molecule has 30 heavy (non-hydrogen) atoms. The lowest BCUT2D eigenvalue weighted by Crippen LogP contribution is -2.44. The van der Waals surface area contributed by atoms with Crippen LogP contribution in [0.1, 0.15) is 18.5 Å². The SMILES string of the molecule is C[C@@H](n1nnc2cc(Cl)ccc2c1=O)[C@](O)(Cn1cncn1)c1ccc(F)cc1F. The molecule has 154 valence electrons. The minimum absolute atomic E-state index is 0.225. The zero-order valence-electron chi connectivity index (χ0n) is 15.6. The normalized spacial score (nSPS) is 14.6. The highest BCUT2D eigenvalue weighted by Gasteiger charge is 2.41. The Morgan fingerprint density at radius 2 is 2.03 bits per heavy atom. The molecule has 0 radical (unpaired) electrons. The third-order valence-corrected chi connectivity index (χ3v) is 5.21. The number of aliphatic hydroxyl groups is 1. The van der Waals surface area contributed by atoms with Crippen LogP contribution in [0.5, 0.6) is 0 Å². The van der Waals surface area contributed by atoms with Gasteiger partial charge in [-0.25, -0.2) is 23.1 Å². The molecule has 4 rings (SSSR count). The molecule has 8 nitrogen and oxygen atoms in total. The standard InChI is InChI=1S/C19H15ClF2N6O2/c1-11(28-18(29)14-4-2-12(20)6-17(14)25-26-28)19(30,8-27-10-23-9-24-27)15-5-3-13(21)7-16(15)22/h2-7,9-11,30H,8H2,1H3/t11-,19-/m1/s1. The first-order valence-corrected chi connectivity index (χ1v) is 9.22. The molecule has 0 fully saturated rings. The second-order valence-electron chi connectivity index (χ2n) is 6.82. The van der Waals surface area contributed by atoms with Gasteiger partial charge in [-0.05, 0) is 31.2 Å². The molecule has 11 heteroatoms. The van der Waals surface area contributed by atoms with Crippen molar-refractivity contribution in [2.75, 3.05) is 0 Å². The quantitative estimate of drug-likeness (QED) is 0.520. The van der Waals surface area contributed by atoms with Gasteiger partial charge in [-0.3, -0.25) is 4.79 Å². The number of halogens is 3. The van der Waals surface area contributed by atoms with Gasteiger partial charge in [-0.2, -0.15) is 5.10 Å². The van der Waals surface area contributed by atoms with Gasteiger partial charge in [0.1, 0.15) is 35.4 Å². The highest BCUT2D eigenvalue weighted by molar-refractivity contribution is 6.31. The van der Waals surface area contributed by atoms with Gasteiger partial charge >= 0.3 is 0 Å². The zero-order chi connectivity index (χ0) is 21.5. The molecular weight excluding hydrogens is 418 g/mol. The maximum absolute atomic E-state index is 14.7. The highest BCUT2D eigenvalue weighted by Crippen LogP contribution is 2.35. The number of benzene rings is 2. The van der Waals surface area contributed by atoms with Crippen LogP contribution in [0.3, 0.4) is 0 Å². The lowest BCUT2D eigenvalue weighted by atomic mass is 9.86. The summed E-state index contributed by atoms with van der Waals surface area (Å²) < 4.78 is 30.4. The smallest absolute Gasteiger partial charge is 0.277 e. The molecule has 0 saturated carbocycles. The summed E-state index contributed by atoms with van der Waals surface area (Å²) in [6, 6.07) is 6.20. The Labute approximate surface area is 173 Å². The van der Waals surface area contributed by atoms with E-state index in [4.69, 9.17) is 11.6 Å². The van der Waals surface area contributed by atoms with Gasteiger partial charge < -0.3 is 5.11 Å². The van der Waals surface area contributed by atoms with Crippen molar-refractivity contribution in [3.63, 3.8) is 0 Å².